The first-order valence-corrected chi connectivity index (χ1v) is 3.95. The number of nitrogens with one attached hydrogen (secondary N) is 1. The average molecular weight is 168 g/mol. The van der Waals surface area contributed by atoms with Gasteiger partial charge in [0.15, 0.2) is 0 Å². The van der Waals surface area contributed by atoms with E-state index < -0.39 is 0 Å². The highest BCUT2D eigenvalue weighted by molar-refractivity contribution is 5.98. The molecule has 0 bridgehead atoms. The Morgan fingerprint density at radius 3 is 3.08 bits per heavy atom. The zero-order chi connectivity index (χ0) is 8.55. The fourth-order valence-corrected chi connectivity index (χ4v) is 1.14. The molecule has 0 aromatic heterocycles. The molecule has 5 nitrogen and oxygen atoms in total. The number of hydrogen-bond acceptors (Lipinski definition) is 5. The number of hydrogen-bond donors (Lipinski definition) is 2. The van der Waals surface area contributed by atoms with Crippen LogP contribution in [0.25, 0.3) is 0 Å². The molecule has 1 heterocycles. The summed E-state index contributed by atoms with van der Waals surface area (Å²) in [5.41, 5.74) is 3.75. The number of methoxy groups -OCH3 is 1. The Labute approximate surface area is 70.8 Å². The Balaban J connectivity index is 2.14. The van der Waals surface area contributed by atoms with Gasteiger partial charge in [-0.2, -0.15) is 0 Å². The van der Waals surface area contributed by atoms with Crippen LogP contribution in [0, 0.1) is 5.92 Å². The molecule has 0 amide bonds. The molecule has 1 saturated carbocycles. The van der Waals surface area contributed by atoms with Crippen LogP contribution in [-0.4, -0.2) is 18.0 Å². The molecule has 1 aliphatic carbocycles. The summed E-state index contributed by atoms with van der Waals surface area (Å²) < 4.78 is 5.02. The number of nitrogens with two attached hydrogens (primary N) is 1. The van der Waals surface area contributed by atoms with Crippen molar-refractivity contribution in [2.24, 2.45) is 16.9 Å². The number of rotatable bonds is 2. The molecular formula is C7H12N4O. The SMILES string of the molecule is COC1=CC(C2CC2)=NN(N)N1. The molecule has 0 saturated heterocycles. The second kappa shape index (κ2) is 2.67. The fourth-order valence-electron chi connectivity index (χ4n) is 1.14. The van der Waals surface area contributed by atoms with Gasteiger partial charge in [-0.15, -0.1) is 10.3 Å². The van der Waals surface area contributed by atoms with E-state index in [1.54, 1.807) is 7.11 Å². The molecule has 1 fully saturated rings. The summed E-state index contributed by atoms with van der Waals surface area (Å²) in [5, 5.41) is 5.29. The van der Waals surface area contributed by atoms with Crippen LogP contribution in [0.4, 0.5) is 0 Å². The van der Waals surface area contributed by atoms with E-state index in [0.717, 1.165) is 5.71 Å². The lowest BCUT2D eigenvalue weighted by Crippen LogP contribution is -2.42. The topological polar surface area (TPSA) is 62.9 Å². The molecular weight excluding hydrogens is 156 g/mol. The van der Waals surface area contributed by atoms with E-state index in [-0.39, 0.29) is 0 Å². The van der Waals surface area contributed by atoms with Crippen LogP contribution < -0.4 is 11.3 Å². The zero-order valence-corrected chi connectivity index (χ0v) is 6.95. The molecule has 5 heteroatoms. The highest BCUT2D eigenvalue weighted by atomic mass is 16.5. The van der Waals surface area contributed by atoms with Crippen LogP contribution >= 0.6 is 0 Å². The molecule has 3 N–H and O–H groups in total. The lowest BCUT2D eigenvalue weighted by Gasteiger charge is -2.21. The van der Waals surface area contributed by atoms with Gasteiger partial charge in [-0.05, 0) is 12.8 Å². The first-order valence-electron chi connectivity index (χ1n) is 3.95. The summed E-state index contributed by atoms with van der Waals surface area (Å²) in [6, 6.07) is 0. The lowest BCUT2D eigenvalue weighted by molar-refractivity contribution is 0.141. The van der Waals surface area contributed by atoms with Gasteiger partial charge in [-0.3, -0.25) is 0 Å². The van der Waals surface area contributed by atoms with E-state index in [0.29, 0.717) is 11.8 Å². The van der Waals surface area contributed by atoms with Gasteiger partial charge < -0.3 is 4.74 Å². The zero-order valence-electron chi connectivity index (χ0n) is 6.95. The van der Waals surface area contributed by atoms with Crippen molar-refractivity contribution in [3.05, 3.63) is 12.0 Å². The summed E-state index contributed by atoms with van der Waals surface area (Å²) in [6.45, 7) is 0. The minimum absolute atomic E-state index is 0.586. The van der Waals surface area contributed by atoms with Crippen molar-refractivity contribution < 1.29 is 4.74 Å². The van der Waals surface area contributed by atoms with Crippen LogP contribution in [0.2, 0.25) is 0 Å². The van der Waals surface area contributed by atoms with Gasteiger partial charge in [-0.25, -0.2) is 11.3 Å². The standard InChI is InChI=1S/C7H12N4O/c1-12-7-4-6(5-2-3-5)9-11(8)10-7/h4-5,10H,2-3,8H2,1H3. The highest BCUT2D eigenvalue weighted by Crippen LogP contribution is 2.32. The van der Waals surface area contributed by atoms with Gasteiger partial charge in [0.2, 0.25) is 5.88 Å². The third-order valence-electron chi connectivity index (χ3n) is 1.94. The quantitative estimate of drug-likeness (QED) is 0.567. The molecule has 0 aromatic carbocycles. The number of ether oxygens (including phenoxy) is 1. The number of nitrogens with zero attached hydrogens (tertiary/aromatic N) is 2. The van der Waals surface area contributed by atoms with Crippen molar-refractivity contribution in [2.75, 3.05) is 7.11 Å². The van der Waals surface area contributed by atoms with Crippen LogP contribution in [0.1, 0.15) is 12.8 Å². The van der Waals surface area contributed by atoms with Crippen molar-refractivity contribution >= 4 is 5.71 Å². The van der Waals surface area contributed by atoms with Crippen LogP contribution in [0.15, 0.2) is 17.1 Å². The van der Waals surface area contributed by atoms with Crippen LogP contribution in [0.3, 0.4) is 0 Å². The summed E-state index contributed by atoms with van der Waals surface area (Å²) in [4.78, 5) is 0. The highest BCUT2D eigenvalue weighted by Gasteiger charge is 2.29. The van der Waals surface area contributed by atoms with Gasteiger partial charge >= 0.3 is 0 Å². The maximum Gasteiger partial charge on any atom is 0.209 e. The van der Waals surface area contributed by atoms with Crippen molar-refractivity contribution in [3.8, 4) is 0 Å². The number of hydrazone groups is 1. The predicted molar refractivity (Wildman–Crippen MR) is 44.4 cm³/mol. The lowest BCUT2D eigenvalue weighted by atomic mass is 10.2. The van der Waals surface area contributed by atoms with Crippen molar-refractivity contribution in [1.82, 2.24) is 10.7 Å². The smallest absolute Gasteiger partial charge is 0.209 e. The second-order valence-corrected chi connectivity index (χ2v) is 2.97. The fraction of sp³-hybridized carbons (Fsp3) is 0.571. The van der Waals surface area contributed by atoms with Gasteiger partial charge in [0.1, 0.15) is 0 Å². The maximum atomic E-state index is 5.47. The molecule has 0 unspecified atom stereocenters. The van der Waals surface area contributed by atoms with Gasteiger partial charge in [-0.1, -0.05) is 0 Å². The van der Waals surface area contributed by atoms with Gasteiger partial charge in [0.05, 0.1) is 12.8 Å². The Bertz CT molecular complexity index is 244. The molecule has 0 atom stereocenters. The molecule has 2 aliphatic rings. The van der Waals surface area contributed by atoms with Crippen molar-refractivity contribution in [3.63, 3.8) is 0 Å². The third-order valence-corrected chi connectivity index (χ3v) is 1.94. The molecule has 0 radical (unpaired) electrons. The molecule has 66 valence electrons. The van der Waals surface area contributed by atoms with Crippen molar-refractivity contribution in [1.29, 1.82) is 0 Å². The third kappa shape index (κ3) is 1.35. The monoisotopic (exact) mass is 168 g/mol. The van der Waals surface area contributed by atoms with E-state index in [2.05, 4.69) is 10.5 Å². The molecule has 2 rings (SSSR count). The van der Waals surface area contributed by atoms with E-state index in [1.165, 1.54) is 18.1 Å². The largest absolute Gasteiger partial charge is 0.481 e. The maximum absolute atomic E-state index is 5.47. The number of allylic oxidation sites excluding steroid dienone is 1. The minimum Gasteiger partial charge on any atom is -0.481 e. The second-order valence-electron chi connectivity index (χ2n) is 2.97. The first kappa shape index (κ1) is 7.42. The Hall–Kier alpha value is -1.23. The van der Waals surface area contributed by atoms with Crippen molar-refractivity contribution in [2.45, 2.75) is 12.8 Å². The van der Waals surface area contributed by atoms with Gasteiger partial charge in [0.25, 0.3) is 0 Å². The Morgan fingerprint density at radius 2 is 2.50 bits per heavy atom. The molecule has 0 aromatic rings. The predicted octanol–water partition coefficient (Wildman–Crippen LogP) is -0.0659. The summed E-state index contributed by atoms with van der Waals surface area (Å²) in [7, 11) is 1.60. The molecule has 12 heavy (non-hydrogen) atoms. The average Bonchev–Trinajstić information content (AvgIpc) is 2.85. The molecule has 0 spiro atoms. The van der Waals surface area contributed by atoms with E-state index in [1.807, 2.05) is 6.08 Å². The molecule has 1 aliphatic heterocycles. The van der Waals surface area contributed by atoms with Gasteiger partial charge in [0, 0.05) is 12.0 Å². The first-order chi connectivity index (χ1) is 5.79. The summed E-state index contributed by atoms with van der Waals surface area (Å²) in [6.07, 6.45) is 4.31. The van der Waals surface area contributed by atoms with E-state index in [9.17, 15) is 0 Å². The Kier molecular flexibility index (Phi) is 1.65. The van der Waals surface area contributed by atoms with E-state index >= 15 is 0 Å². The number of hydrazine groups is 2. The Morgan fingerprint density at radius 1 is 1.75 bits per heavy atom. The van der Waals surface area contributed by atoms with Crippen LogP contribution in [0.5, 0.6) is 0 Å². The van der Waals surface area contributed by atoms with E-state index in [4.69, 9.17) is 10.6 Å². The van der Waals surface area contributed by atoms with Crippen LogP contribution in [-0.2, 0) is 4.74 Å². The summed E-state index contributed by atoms with van der Waals surface area (Å²) in [5.74, 6) is 6.70. The normalized spacial score (nSPS) is 22.7. The summed E-state index contributed by atoms with van der Waals surface area (Å²) >= 11 is 0. The minimum atomic E-state index is 0.586.